The Hall–Kier alpha value is -4.97. The summed E-state index contributed by atoms with van der Waals surface area (Å²) in [4.78, 5) is 42.9. The SMILES string of the molecule is COc1ccc2nc(N3CCN(C(=O)OC(C)(C)C)CC3COc3cccnc3)oc2c1.O=C(O)C(F)(F)F.O=C(O)C(F)(F)F. The van der Waals surface area contributed by atoms with E-state index < -0.39 is 29.9 Å². The van der Waals surface area contributed by atoms with Gasteiger partial charge in [0, 0.05) is 31.9 Å². The number of carboxylic acid groups (broad SMARTS) is 2. The fraction of sp³-hybridized carbons (Fsp3) is 0.444. The highest BCUT2D eigenvalue weighted by atomic mass is 19.4. The van der Waals surface area contributed by atoms with Crippen molar-refractivity contribution in [2.24, 2.45) is 0 Å². The molecule has 1 fully saturated rings. The number of benzene rings is 1. The predicted molar refractivity (Wildman–Crippen MR) is 147 cm³/mol. The van der Waals surface area contributed by atoms with Gasteiger partial charge >= 0.3 is 30.4 Å². The molecule has 0 spiro atoms. The second-order valence-corrected chi connectivity index (χ2v) is 10.2. The molecule has 3 heterocycles. The molecule has 13 nitrogen and oxygen atoms in total. The van der Waals surface area contributed by atoms with Gasteiger partial charge in [0.2, 0.25) is 0 Å². The first-order valence-electron chi connectivity index (χ1n) is 13.0. The molecule has 3 aromatic rings. The number of aromatic nitrogens is 2. The molecule has 1 aliphatic heterocycles. The molecule has 1 amide bonds. The van der Waals surface area contributed by atoms with Crippen molar-refractivity contribution in [1.82, 2.24) is 14.9 Å². The van der Waals surface area contributed by atoms with Crippen LogP contribution >= 0.6 is 0 Å². The molecule has 2 aromatic heterocycles. The molecule has 19 heteroatoms. The summed E-state index contributed by atoms with van der Waals surface area (Å²) in [6.07, 6.45) is -7.16. The number of hydrogen-bond acceptors (Lipinski definition) is 10. The molecule has 2 N–H and O–H groups in total. The first-order chi connectivity index (χ1) is 21.2. The maximum atomic E-state index is 12.7. The smallest absolute Gasteiger partial charge is 0.490 e. The zero-order valence-corrected chi connectivity index (χ0v) is 24.8. The topological polar surface area (TPSA) is 165 Å². The van der Waals surface area contributed by atoms with Gasteiger partial charge in [-0.3, -0.25) is 4.98 Å². The molecule has 0 saturated carbocycles. The van der Waals surface area contributed by atoms with Crippen molar-refractivity contribution in [3.05, 3.63) is 42.7 Å². The Morgan fingerprint density at radius 1 is 0.978 bits per heavy atom. The van der Waals surface area contributed by atoms with Gasteiger partial charge < -0.3 is 38.6 Å². The van der Waals surface area contributed by atoms with Crippen LogP contribution < -0.4 is 14.4 Å². The number of hydrogen-bond donors (Lipinski definition) is 2. The van der Waals surface area contributed by atoms with Gasteiger partial charge in [0.15, 0.2) is 5.58 Å². The van der Waals surface area contributed by atoms with E-state index in [4.69, 9.17) is 38.4 Å². The van der Waals surface area contributed by atoms with Crippen LogP contribution in [0.1, 0.15) is 20.8 Å². The lowest BCUT2D eigenvalue weighted by molar-refractivity contribution is -0.193. The summed E-state index contributed by atoms with van der Waals surface area (Å²) >= 11 is 0. The second-order valence-electron chi connectivity index (χ2n) is 10.2. The molecule has 1 saturated heterocycles. The van der Waals surface area contributed by atoms with E-state index in [0.29, 0.717) is 49.3 Å². The number of methoxy groups -OCH3 is 1. The number of pyridine rings is 1. The number of carbonyl (C=O) groups excluding carboxylic acids is 1. The summed E-state index contributed by atoms with van der Waals surface area (Å²) in [5.74, 6) is -4.16. The van der Waals surface area contributed by atoms with Crippen molar-refractivity contribution >= 4 is 35.1 Å². The predicted octanol–water partition coefficient (Wildman–Crippen LogP) is 5.00. The van der Waals surface area contributed by atoms with E-state index in [0.717, 1.165) is 5.52 Å². The van der Waals surface area contributed by atoms with Gasteiger partial charge in [0.25, 0.3) is 6.01 Å². The van der Waals surface area contributed by atoms with Gasteiger partial charge in [0.05, 0.1) is 19.3 Å². The molecule has 1 aromatic carbocycles. The van der Waals surface area contributed by atoms with E-state index in [2.05, 4.69) is 9.97 Å². The lowest BCUT2D eigenvalue weighted by Crippen LogP contribution is -2.57. The number of oxazole rings is 1. The van der Waals surface area contributed by atoms with E-state index in [1.165, 1.54) is 0 Å². The minimum atomic E-state index is -5.08. The van der Waals surface area contributed by atoms with Crippen LogP contribution in [0.4, 0.5) is 37.2 Å². The standard InChI is InChI=1S/C23H28N4O5.2C2HF3O2/c1-23(2,3)32-22(28)26-10-11-27(16(14-26)15-30-18-6-5-9-24-13-18)21-25-19-8-7-17(29-4)12-20(19)31-21;2*3-2(4,5)1(6)7/h5-9,12-13,16H,10-11,14-15H2,1-4H3;2*(H,6,7). The van der Waals surface area contributed by atoms with E-state index in [1.807, 2.05) is 56.0 Å². The van der Waals surface area contributed by atoms with Crippen LogP contribution in [-0.4, -0.2) is 100 Å². The highest BCUT2D eigenvalue weighted by Crippen LogP contribution is 2.28. The van der Waals surface area contributed by atoms with Crippen molar-refractivity contribution in [3.63, 3.8) is 0 Å². The van der Waals surface area contributed by atoms with Gasteiger partial charge in [0.1, 0.15) is 29.2 Å². The lowest BCUT2D eigenvalue weighted by Gasteiger charge is -2.40. The minimum absolute atomic E-state index is 0.188. The van der Waals surface area contributed by atoms with Crippen molar-refractivity contribution in [2.45, 2.75) is 44.8 Å². The Labute approximate surface area is 257 Å². The third-order valence-electron chi connectivity index (χ3n) is 5.53. The highest BCUT2D eigenvalue weighted by Gasteiger charge is 2.39. The molecule has 46 heavy (non-hydrogen) atoms. The van der Waals surface area contributed by atoms with Crippen LogP contribution in [0.25, 0.3) is 11.1 Å². The van der Waals surface area contributed by atoms with E-state index in [9.17, 15) is 31.1 Å². The van der Waals surface area contributed by atoms with Crippen molar-refractivity contribution in [1.29, 1.82) is 0 Å². The number of amides is 1. The molecule has 0 radical (unpaired) electrons. The molecule has 4 rings (SSSR count). The fourth-order valence-electron chi connectivity index (χ4n) is 3.51. The van der Waals surface area contributed by atoms with Crippen LogP contribution in [0.2, 0.25) is 0 Å². The van der Waals surface area contributed by atoms with E-state index in [-0.39, 0.29) is 12.1 Å². The van der Waals surface area contributed by atoms with Crippen LogP contribution in [0.5, 0.6) is 11.5 Å². The van der Waals surface area contributed by atoms with Gasteiger partial charge in [-0.05, 0) is 45.0 Å². The van der Waals surface area contributed by atoms with Crippen LogP contribution in [0, 0.1) is 0 Å². The molecular formula is C27H30F6N4O9. The maximum absolute atomic E-state index is 12.7. The number of aliphatic carboxylic acids is 2. The quantitative estimate of drug-likeness (QED) is 0.350. The number of ether oxygens (including phenoxy) is 3. The zero-order chi connectivity index (χ0) is 34.9. The molecule has 0 bridgehead atoms. The Bertz CT molecular complexity index is 1440. The summed E-state index contributed by atoms with van der Waals surface area (Å²) in [5, 5.41) is 14.2. The summed E-state index contributed by atoms with van der Waals surface area (Å²) < 4.78 is 86.3. The molecule has 0 aliphatic carbocycles. The lowest BCUT2D eigenvalue weighted by atomic mass is 10.2. The number of carbonyl (C=O) groups is 3. The average Bonchev–Trinajstić information content (AvgIpc) is 3.38. The van der Waals surface area contributed by atoms with Crippen molar-refractivity contribution < 1.29 is 69.6 Å². The molecule has 1 atom stereocenters. The first kappa shape index (κ1) is 37.2. The van der Waals surface area contributed by atoms with Crippen LogP contribution in [0.3, 0.4) is 0 Å². The van der Waals surface area contributed by atoms with Gasteiger partial charge in [-0.2, -0.15) is 31.3 Å². The number of anilines is 1. The number of rotatable bonds is 5. The van der Waals surface area contributed by atoms with Crippen LogP contribution in [0.15, 0.2) is 47.1 Å². The summed E-state index contributed by atoms with van der Waals surface area (Å²) in [6, 6.07) is 9.47. The number of halogens is 6. The third kappa shape index (κ3) is 11.8. The van der Waals surface area contributed by atoms with Gasteiger partial charge in [-0.15, -0.1) is 0 Å². The highest BCUT2D eigenvalue weighted by molar-refractivity contribution is 5.76. The van der Waals surface area contributed by atoms with Crippen molar-refractivity contribution in [2.75, 3.05) is 38.3 Å². The largest absolute Gasteiger partial charge is 0.497 e. The van der Waals surface area contributed by atoms with E-state index >= 15 is 0 Å². The molecule has 1 aliphatic rings. The van der Waals surface area contributed by atoms with Crippen molar-refractivity contribution in [3.8, 4) is 11.5 Å². The normalized spacial score (nSPS) is 15.1. The number of fused-ring (bicyclic) bond motifs is 1. The number of nitrogens with zero attached hydrogens (tertiary/aromatic N) is 4. The second kappa shape index (κ2) is 15.3. The summed E-state index contributed by atoms with van der Waals surface area (Å²) in [6.45, 7) is 7.33. The minimum Gasteiger partial charge on any atom is -0.497 e. The number of carboxylic acids is 2. The van der Waals surface area contributed by atoms with Crippen LogP contribution in [-0.2, 0) is 14.3 Å². The number of piperazine rings is 1. The molecule has 1 unspecified atom stereocenters. The van der Waals surface area contributed by atoms with E-state index in [1.54, 1.807) is 24.4 Å². The first-order valence-corrected chi connectivity index (χ1v) is 13.0. The Kier molecular flexibility index (Phi) is 12.4. The summed E-state index contributed by atoms with van der Waals surface area (Å²) in [7, 11) is 1.61. The average molecular weight is 669 g/mol. The van der Waals surface area contributed by atoms with Gasteiger partial charge in [-0.1, -0.05) is 0 Å². The zero-order valence-electron chi connectivity index (χ0n) is 24.8. The third-order valence-corrected chi connectivity index (χ3v) is 5.53. The molecular weight excluding hydrogens is 638 g/mol. The Morgan fingerprint density at radius 3 is 2.09 bits per heavy atom. The Morgan fingerprint density at radius 2 is 1.59 bits per heavy atom. The van der Waals surface area contributed by atoms with Gasteiger partial charge in [-0.25, -0.2) is 14.4 Å². The number of alkyl halides is 6. The Balaban J connectivity index is 0.000000440. The fourth-order valence-corrected chi connectivity index (χ4v) is 3.51. The molecule has 254 valence electrons. The monoisotopic (exact) mass is 668 g/mol. The summed E-state index contributed by atoms with van der Waals surface area (Å²) in [5.41, 5.74) is 0.818. The maximum Gasteiger partial charge on any atom is 0.490 e.